The summed E-state index contributed by atoms with van der Waals surface area (Å²) in [7, 11) is 1.56. The maximum Gasteiger partial charge on any atom is 0.316 e. The number of rotatable bonds is 3. The van der Waals surface area contributed by atoms with E-state index in [1.54, 1.807) is 13.3 Å². The van der Waals surface area contributed by atoms with Gasteiger partial charge < -0.3 is 4.74 Å². The van der Waals surface area contributed by atoms with Crippen LogP contribution in [0.3, 0.4) is 0 Å². The van der Waals surface area contributed by atoms with E-state index in [1.807, 2.05) is 0 Å². The van der Waals surface area contributed by atoms with Crippen molar-refractivity contribution in [2.24, 2.45) is 0 Å². The largest absolute Gasteiger partial charge is 0.467 e. The second kappa shape index (κ2) is 4.84. The predicted octanol–water partition coefficient (Wildman–Crippen LogP) is 2.68. The van der Waals surface area contributed by atoms with Crippen LogP contribution in [0.15, 0.2) is 6.20 Å². The van der Waals surface area contributed by atoms with Gasteiger partial charge >= 0.3 is 6.01 Å². The number of ether oxygens (including phenoxy) is 1. The van der Waals surface area contributed by atoms with Gasteiger partial charge in [-0.1, -0.05) is 27.7 Å². The highest BCUT2D eigenvalue weighted by molar-refractivity contribution is 5.76. The lowest BCUT2D eigenvalue weighted by Crippen LogP contribution is -2.06. The highest BCUT2D eigenvalue weighted by Crippen LogP contribution is 2.24. The molecule has 0 radical (unpaired) electrons. The first-order valence-electron chi connectivity index (χ1n) is 6.11. The maximum absolute atomic E-state index is 5.06. The zero-order chi connectivity index (χ0) is 13.3. The molecule has 2 aromatic rings. The van der Waals surface area contributed by atoms with Gasteiger partial charge in [-0.2, -0.15) is 4.98 Å². The number of hydrogen-bond acceptors (Lipinski definition) is 5. The molecule has 0 saturated carbocycles. The molecule has 2 heterocycles. The Hall–Kier alpha value is -1.78. The molecule has 0 saturated heterocycles. The molecule has 5 nitrogen and oxygen atoms in total. The van der Waals surface area contributed by atoms with Gasteiger partial charge in [-0.25, -0.2) is 15.0 Å². The maximum atomic E-state index is 5.06. The number of aromatic nitrogens is 4. The van der Waals surface area contributed by atoms with Crippen molar-refractivity contribution in [3.8, 4) is 6.01 Å². The number of hydrogen-bond donors (Lipinski definition) is 0. The van der Waals surface area contributed by atoms with Gasteiger partial charge in [-0.15, -0.1) is 0 Å². The summed E-state index contributed by atoms with van der Waals surface area (Å²) in [6.45, 7) is 8.35. The first kappa shape index (κ1) is 12.7. The van der Waals surface area contributed by atoms with Gasteiger partial charge in [0, 0.05) is 5.92 Å². The van der Waals surface area contributed by atoms with Crippen LogP contribution in [0.2, 0.25) is 0 Å². The van der Waals surface area contributed by atoms with Crippen LogP contribution in [0.1, 0.15) is 51.0 Å². The summed E-state index contributed by atoms with van der Waals surface area (Å²) in [5.41, 5.74) is 2.50. The van der Waals surface area contributed by atoms with E-state index < -0.39 is 0 Å². The zero-order valence-corrected chi connectivity index (χ0v) is 11.4. The van der Waals surface area contributed by atoms with Gasteiger partial charge in [0.2, 0.25) is 0 Å². The van der Waals surface area contributed by atoms with Crippen LogP contribution in [0.25, 0.3) is 11.0 Å². The van der Waals surface area contributed by atoms with Gasteiger partial charge in [-0.3, -0.25) is 0 Å². The summed E-state index contributed by atoms with van der Waals surface area (Å²) in [6, 6.07) is 0.352. The van der Waals surface area contributed by atoms with Crippen molar-refractivity contribution in [1.82, 2.24) is 19.9 Å². The Balaban J connectivity index is 2.73. The summed E-state index contributed by atoms with van der Waals surface area (Å²) in [4.78, 5) is 17.6. The molecule has 96 valence electrons. The highest BCUT2D eigenvalue weighted by Gasteiger charge is 2.15. The molecule has 2 rings (SSSR count). The molecule has 0 fully saturated rings. The third kappa shape index (κ3) is 2.25. The lowest BCUT2D eigenvalue weighted by atomic mass is 10.1. The van der Waals surface area contributed by atoms with E-state index in [-0.39, 0.29) is 11.8 Å². The second-order valence-electron chi connectivity index (χ2n) is 4.87. The molecule has 0 aromatic carbocycles. The Labute approximate surface area is 107 Å². The van der Waals surface area contributed by atoms with Crippen LogP contribution >= 0.6 is 0 Å². The number of fused-ring (bicyclic) bond motifs is 1. The lowest BCUT2D eigenvalue weighted by molar-refractivity contribution is 0.381. The van der Waals surface area contributed by atoms with Gasteiger partial charge in [-0.05, 0) is 5.92 Å². The smallest absolute Gasteiger partial charge is 0.316 e. The zero-order valence-electron chi connectivity index (χ0n) is 11.4. The fourth-order valence-corrected chi connectivity index (χ4v) is 1.71. The Morgan fingerprint density at radius 1 is 1.00 bits per heavy atom. The molecule has 0 unspecified atom stereocenters. The van der Waals surface area contributed by atoms with Gasteiger partial charge in [0.25, 0.3) is 0 Å². The average Bonchev–Trinajstić information content (AvgIpc) is 2.36. The van der Waals surface area contributed by atoms with Crippen LogP contribution in [0, 0.1) is 0 Å². The van der Waals surface area contributed by atoms with E-state index in [4.69, 9.17) is 4.74 Å². The quantitative estimate of drug-likeness (QED) is 0.833. The van der Waals surface area contributed by atoms with E-state index >= 15 is 0 Å². The minimum atomic E-state index is 0.285. The molecular formula is C13H18N4O. The van der Waals surface area contributed by atoms with Crippen molar-refractivity contribution in [1.29, 1.82) is 0 Å². The first-order chi connectivity index (χ1) is 8.52. The normalized spacial score (nSPS) is 11.5. The second-order valence-corrected chi connectivity index (χ2v) is 4.87. The summed E-state index contributed by atoms with van der Waals surface area (Å²) in [5, 5.41) is 0. The summed E-state index contributed by atoms with van der Waals surface area (Å²) >= 11 is 0. The highest BCUT2D eigenvalue weighted by atomic mass is 16.5. The molecular weight excluding hydrogens is 228 g/mol. The minimum absolute atomic E-state index is 0.285. The molecule has 0 atom stereocenters. The van der Waals surface area contributed by atoms with Crippen LogP contribution in [-0.4, -0.2) is 27.0 Å². The minimum Gasteiger partial charge on any atom is -0.467 e. The third-order valence-corrected chi connectivity index (χ3v) is 2.71. The number of methoxy groups -OCH3 is 1. The Kier molecular flexibility index (Phi) is 3.41. The van der Waals surface area contributed by atoms with E-state index in [9.17, 15) is 0 Å². The average molecular weight is 246 g/mol. The Bertz CT molecular complexity index is 566. The van der Waals surface area contributed by atoms with Crippen LogP contribution in [0.4, 0.5) is 0 Å². The van der Waals surface area contributed by atoms with Crippen molar-refractivity contribution in [2.75, 3.05) is 7.11 Å². The molecule has 18 heavy (non-hydrogen) atoms. The van der Waals surface area contributed by atoms with E-state index in [1.165, 1.54) is 0 Å². The third-order valence-electron chi connectivity index (χ3n) is 2.71. The molecule has 0 bridgehead atoms. The van der Waals surface area contributed by atoms with Crippen molar-refractivity contribution in [2.45, 2.75) is 39.5 Å². The molecule has 0 N–H and O–H groups in total. The Morgan fingerprint density at radius 3 is 2.28 bits per heavy atom. The molecule has 0 aliphatic rings. The van der Waals surface area contributed by atoms with Gasteiger partial charge in [0.15, 0.2) is 0 Å². The SMILES string of the molecule is COc1ncc2nc(C(C)C)nc(C(C)C)c2n1. The first-order valence-corrected chi connectivity index (χ1v) is 6.11. The van der Waals surface area contributed by atoms with Crippen molar-refractivity contribution >= 4 is 11.0 Å². The van der Waals surface area contributed by atoms with Gasteiger partial charge in [0.1, 0.15) is 16.9 Å². The monoisotopic (exact) mass is 246 g/mol. The van der Waals surface area contributed by atoms with Crippen molar-refractivity contribution in [3.63, 3.8) is 0 Å². The van der Waals surface area contributed by atoms with E-state index in [0.29, 0.717) is 6.01 Å². The van der Waals surface area contributed by atoms with Crippen molar-refractivity contribution < 1.29 is 4.74 Å². The molecule has 2 aromatic heterocycles. The molecule has 0 spiro atoms. The Morgan fingerprint density at radius 2 is 1.72 bits per heavy atom. The lowest BCUT2D eigenvalue weighted by Gasteiger charge is -2.12. The summed E-state index contributed by atoms with van der Waals surface area (Å²) in [5.74, 6) is 1.40. The topological polar surface area (TPSA) is 60.8 Å². The summed E-state index contributed by atoms with van der Waals surface area (Å²) < 4.78 is 5.06. The number of nitrogens with zero attached hydrogens (tertiary/aromatic N) is 4. The van der Waals surface area contributed by atoms with Crippen LogP contribution < -0.4 is 4.74 Å². The fraction of sp³-hybridized carbons (Fsp3) is 0.538. The summed E-state index contributed by atoms with van der Waals surface area (Å²) in [6.07, 6.45) is 1.70. The predicted molar refractivity (Wildman–Crippen MR) is 69.9 cm³/mol. The molecule has 5 heteroatoms. The molecule has 0 aliphatic heterocycles. The molecule has 0 aliphatic carbocycles. The van der Waals surface area contributed by atoms with E-state index in [0.717, 1.165) is 22.6 Å². The van der Waals surface area contributed by atoms with Gasteiger partial charge in [0.05, 0.1) is 19.0 Å². The molecule has 0 amide bonds. The standard InChI is InChI=1S/C13H18N4O/c1-7(2)10-11-9(6-14-13(17-11)18-5)15-12(16-10)8(3)4/h6-8H,1-5H3. The van der Waals surface area contributed by atoms with Crippen LogP contribution in [0.5, 0.6) is 6.01 Å². The van der Waals surface area contributed by atoms with E-state index in [2.05, 4.69) is 47.6 Å². The fourth-order valence-electron chi connectivity index (χ4n) is 1.71. The van der Waals surface area contributed by atoms with Crippen molar-refractivity contribution in [3.05, 3.63) is 17.7 Å². The van der Waals surface area contributed by atoms with Crippen LogP contribution in [-0.2, 0) is 0 Å².